The molecular weight excluding hydrogens is 424 g/mol. The Morgan fingerprint density at radius 3 is 2.24 bits per heavy atom. The van der Waals surface area contributed by atoms with Crippen molar-refractivity contribution in [3.8, 4) is 17.0 Å². The molecule has 0 N–H and O–H groups in total. The molecule has 1 fully saturated rings. The fraction of sp³-hybridized carbons (Fsp3) is 0.393. The number of rotatable bonds is 5. The van der Waals surface area contributed by atoms with E-state index in [1.165, 1.54) is 16.7 Å². The van der Waals surface area contributed by atoms with Crippen molar-refractivity contribution in [2.75, 3.05) is 31.1 Å². The van der Waals surface area contributed by atoms with Crippen LogP contribution >= 0.6 is 0 Å². The average molecular weight is 459 g/mol. The first-order valence-corrected chi connectivity index (χ1v) is 11.9. The number of hydrogen-bond donors (Lipinski definition) is 0. The van der Waals surface area contributed by atoms with E-state index in [4.69, 9.17) is 4.74 Å². The van der Waals surface area contributed by atoms with Gasteiger partial charge in [-0.3, -0.25) is 4.79 Å². The number of benzene rings is 2. The van der Waals surface area contributed by atoms with E-state index >= 15 is 0 Å². The predicted molar refractivity (Wildman–Crippen MR) is 136 cm³/mol. The molecule has 1 amide bonds. The van der Waals surface area contributed by atoms with E-state index in [9.17, 15) is 4.79 Å². The van der Waals surface area contributed by atoms with Crippen LogP contribution in [0.2, 0.25) is 0 Å². The standard InChI is InChI=1S/C28H34N4O2/c1-18-8-7-9-26(22(18)5)34-23(6)28(33)32-14-12-31(13-15-32)27-11-10-25(29-30-27)24-17-20(3)19(2)16-21(24)4/h7-11,16-17,23H,12-15H2,1-6H3. The number of aromatic nitrogens is 2. The van der Waals surface area contributed by atoms with Crippen molar-refractivity contribution in [1.29, 1.82) is 0 Å². The van der Waals surface area contributed by atoms with Gasteiger partial charge in [0.05, 0.1) is 5.69 Å². The molecule has 1 aliphatic rings. The third kappa shape index (κ3) is 4.91. The minimum absolute atomic E-state index is 0.0206. The van der Waals surface area contributed by atoms with Gasteiger partial charge in [-0.25, -0.2) is 0 Å². The van der Waals surface area contributed by atoms with E-state index in [0.29, 0.717) is 13.1 Å². The number of nitrogens with zero attached hydrogens (tertiary/aromatic N) is 4. The molecule has 1 atom stereocenters. The predicted octanol–water partition coefficient (Wildman–Crippen LogP) is 4.80. The number of hydrogen-bond acceptors (Lipinski definition) is 5. The molecule has 6 nitrogen and oxygen atoms in total. The first-order chi connectivity index (χ1) is 16.2. The summed E-state index contributed by atoms with van der Waals surface area (Å²) in [5.41, 5.74) is 7.98. The van der Waals surface area contributed by atoms with Gasteiger partial charge in [0.25, 0.3) is 5.91 Å². The van der Waals surface area contributed by atoms with Gasteiger partial charge in [-0.05, 0) is 93.6 Å². The Kier molecular flexibility index (Phi) is 6.87. The second-order valence-electron chi connectivity index (χ2n) is 9.30. The van der Waals surface area contributed by atoms with Crippen LogP contribution in [0.15, 0.2) is 42.5 Å². The molecule has 0 aliphatic carbocycles. The largest absolute Gasteiger partial charge is 0.481 e. The third-order valence-electron chi connectivity index (χ3n) is 6.89. The topological polar surface area (TPSA) is 58.6 Å². The fourth-order valence-corrected chi connectivity index (χ4v) is 4.38. The van der Waals surface area contributed by atoms with E-state index in [-0.39, 0.29) is 5.91 Å². The molecule has 2 heterocycles. The van der Waals surface area contributed by atoms with Gasteiger partial charge in [0.1, 0.15) is 5.75 Å². The number of carbonyl (C=O) groups is 1. The van der Waals surface area contributed by atoms with Crippen LogP contribution in [0.1, 0.15) is 34.7 Å². The summed E-state index contributed by atoms with van der Waals surface area (Å²) in [5.74, 6) is 1.64. The van der Waals surface area contributed by atoms with Crippen molar-refractivity contribution in [1.82, 2.24) is 15.1 Å². The molecule has 1 aromatic heterocycles. The summed E-state index contributed by atoms with van der Waals surface area (Å²) in [6, 6.07) is 14.4. The Hall–Kier alpha value is -3.41. The van der Waals surface area contributed by atoms with Crippen LogP contribution in [0, 0.1) is 34.6 Å². The maximum absolute atomic E-state index is 13.0. The van der Waals surface area contributed by atoms with Crippen LogP contribution in [-0.4, -0.2) is 53.3 Å². The average Bonchev–Trinajstić information content (AvgIpc) is 2.84. The summed E-state index contributed by atoms with van der Waals surface area (Å²) >= 11 is 0. The van der Waals surface area contributed by atoms with E-state index in [0.717, 1.165) is 47.0 Å². The summed E-state index contributed by atoms with van der Waals surface area (Å²) in [5, 5.41) is 9.01. The number of aryl methyl sites for hydroxylation is 4. The lowest BCUT2D eigenvalue weighted by Crippen LogP contribution is -2.52. The highest BCUT2D eigenvalue weighted by Gasteiger charge is 2.27. The number of ether oxygens (including phenoxy) is 1. The molecule has 1 unspecified atom stereocenters. The quantitative estimate of drug-likeness (QED) is 0.550. The number of piperazine rings is 1. The van der Waals surface area contributed by atoms with Crippen molar-refractivity contribution in [2.24, 2.45) is 0 Å². The van der Waals surface area contributed by atoms with Crippen molar-refractivity contribution in [2.45, 2.75) is 47.6 Å². The summed E-state index contributed by atoms with van der Waals surface area (Å²) in [6.07, 6.45) is -0.521. The minimum atomic E-state index is -0.521. The Bertz CT molecular complexity index is 1180. The van der Waals surface area contributed by atoms with Crippen LogP contribution in [0.4, 0.5) is 5.82 Å². The first-order valence-electron chi connectivity index (χ1n) is 11.9. The second kappa shape index (κ2) is 9.84. The molecule has 0 radical (unpaired) electrons. The molecule has 3 aromatic rings. The SMILES string of the molecule is Cc1cc(C)c(-c2ccc(N3CCN(C(=O)C(C)Oc4cccc(C)c4C)CC3)nn2)cc1C. The van der Waals surface area contributed by atoms with Crippen molar-refractivity contribution >= 4 is 11.7 Å². The van der Waals surface area contributed by atoms with Crippen LogP contribution in [0.25, 0.3) is 11.3 Å². The Balaban J connectivity index is 1.36. The maximum Gasteiger partial charge on any atom is 0.263 e. The Morgan fingerprint density at radius 2 is 1.56 bits per heavy atom. The molecule has 1 aliphatic heterocycles. The summed E-state index contributed by atoms with van der Waals surface area (Å²) < 4.78 is 6.01. The molecule has 2 aromatic carbocycles. The van der Waals surface area contributed by atoms with Crippen molar-refractivity contribution < 1.29 is 9.53 Å². The van der Waals surface area contributed by atoms with E-state index in [1.54, 1.807) is 0 Å². The lowest BCUT2D eigenvalue weighted by Gasteiger charge is -2.36. The molecule has 178 valence electrons. The van der Waals surface area contributed by atoms with Gasteiger partial charge in [-0.2, -0.15) is 0 Å². The Labute approximate surface area is 202 Å². The minimum Gasteiger partial charge on any atom is -0.481 e. The first kappa shape index (κ1) is 23.7. The molecule has 1 saturated heterocycles. The molecule has 0 saturated carbocycles. The number of anilines is 1. The van der Waals surface area contributed by atoms with Crippen molar-refractivity contribution in [3.05, 3.63) is 70.3 Å². The molecular formula is C28H34N4O2. The molecule has 0 bridgehead atoms. The lowest BCUT2D eigenvalue weighted by molar-refractivity contribution is -0.138. The van der Waals surface area contributed by atoms with Gasteiger partial charge in [0.2, 0.25) is 0 Å². The summed E-state index contributed by atoms with van der Waals surface area (Å²) in [6.45, 7) is 15.0. The highest BCUT2D eigenvalue weighted by molar-refractivity contribution is 5.81. The lowest BCUT2D eigenvalue weighted by atomic mass is 9.99. The maximum atomic E-state index is 13.0. The fourth-order valence-electron chi connectivity index (χ4n) is 4.38. The van der Waals surface area contributed by atoms with Crippen LogP contribution in [-0.2, 0) is 4.79 Å². The normalized spacial score (nSPS) is 14.8. The zero-order chi connectivity index (χ0) is 24.4. The van der Waals surface area contributed by atoms with E-state index < -0.39 is 6.10 Å². The molecule has 6 heteroatoms. The zero-order valence-electron chi connectivity index (χ0n) is 21.1. The summed E-state index contributed by atoms with van der Waals surface area (Å²) in [4.78, 5) is 17.0. The van der Waals surface area contributed by atoms with Gasteiger partial charge in [0, 0.05) is 31.7 Å². The van der Waals surface area contributed by atoms with E-state index in [2.05, 4.69) is 48.0 Å². The Morgan fingerprint density at radius 1 is 0.853 bits per heavy atom. The molecule has 4 rings (SSSR count). The number of amides is 1. The smallest absolute Gasteiger partial charge is 0.263 e. The van der Waals surface area contributed by atoms with Gasteiger partial charge < -0.3 is 14.5 Å². The van der Waals surface area contributed by atoms with Crippen LogP contribution in [0.3, 0.4) is 0 Å². The zero-order valence-corrected chi connectivity index (χ0v) is 21.1. The van der Waals surface area contributed by atoms with Crippen LogP contribution < -0.4 is 9.64 Å². The van der Waals surface area contributed by atoms with Crippen LogP contribution in [0.5, 0.6) is 5.75 Å². The molecule has 0 spiro atoms. The van der Waals surface area contributed by atoms with E-state index in [1.807, 2.05) is 56.0 Å². The monoisotopic (exact) mass is 458 g/mol. The van der Waals surface area contributed by atoms with Gasteiger partial charge >= 0.3 is 0 Å². The summed E-state index contributed by atoms with van der Waals surface area (Å²) in [7, 11) is 0. The van der Waals surface area contributed by atoms with Gasteiger partial charge in [-0.15, -0.1) is 10.2 Å². The van der Waals surface area contributed by atoms with Crippen molar-refractivity contribution in [3.63, 3.8) is 0 Å². The van der Waals surface area contributed by atoms with Gasteiger partial charge in [-0.1, -0.05) is 18.2 Å². The third-order valence-corrected chi connectivity index (χ3v) is 6.89. The highest BCUT2D eigenvalue weighted by atomic mass is 16.5. The number of carbonyl (C=O) groups excluding carboxylic acids is 1. The molecule has 34 heavy (non-hydrogen) atoms. The van der Waals surface area contributed by atoms with Gasteiger partial charge in [0.15, 0.2) is 11.9 Å². The second-order valence-corrected chi connectivity index (χ2v) is 9.30. The highest BCUT2D eigenvalue weighted by Crippen LogP contribution is 2.26.